The molecule has 0 aliphatic heterocycles. The van der Waals surface area contributed by atoms with Crippen molar-refractivity contribution in [1.82, 2.24) is 9.55 Å². The van der Waals surface area contributed by atoms with Crippen LogP contribution in [0.4, 0.5) is 5.69 Å². The maximum absolute atomic E-state index is 13.0. The number of aryl methyl sites for hydroxylation is 3. The summed E-state index contributed by atoms with van der Waals surface area (Å²) in [6.45, 7) is 6.28. The van der Waals surface area contributed by atoms with Crippen molar-refractivity contribution in [3.05, 3.63) is 78.8 Å². The molecule has 7 heteroatoms. The van der Waals surface area contributed by atoms with Crippen LogP contribution in [0.1, 0.15) is 31.2 Å². The minimum absolute atomic E-state index is 0.113. The van der Waals surface area contributed by atoms with Gasteiger partial charge in [0.25, 0.3) is 11.5 Å². The van der Waals surface area contributed by atoms with Gasteiger partial charge in [-0.25, -0.2) is 4.98 Å². The SMILES string of the molecule is Cc1ccc(NC(=O)c2sc3ncn(Cc4cccs4)c(=O)c3c2C)c(C)c1. The monoisotopic (exact) mass is 409 g/mol. The molecule has 4 aromatic rings. The molecule has 5 nitrogen and oxygen atoms in total. The second-order valence-corrected chi connectivity index (χ2v) is 8.80. The van der Waals surface area contributed by atoms with Crippen LogP contribution in [0.25, 0.3) is 10.2 Å². The lowest BCUT2D eigenvalue weighted by atomic mass is 10.1. The van der Waals surface area contributed by atoms with Crippen LogP contribution < -0.4 is 10.9 Å². The predicted molar refractivity (Wildman–Crippen MR) is 116 cm³/mol. The quantitative estimate of drug-likeness (QED) is 0.529. The summed E-state index contributed by atoms with van der Waals surface area (Å²) in [4.78, 5) is 32.5. The number of carbonyl (C=O) groups excluding carboxylic acids is 1. The Hall–Kier alpha value is -2.77. The van der Waals surface area contributed by atoms with E-state index < -0.39 is 0 Å². The van der Waals surface area contributed by atoms with E-state index in [4.69, 9.17) is 0 Å². The van der Waals surface area contributed by atoms with Crippen LogP contribution >= 0.6 is 22.7 Å². The van der Waals surface area contributed by atoms with Crippen LogP contribution in [0.3, 0.4) is 0 Å². The van der Waals surface area contributed by atoms with E-state index in [1.54, 1.807) is 22.2 Å². The summed E-state index contributed by atoms with van der Waals surface area (Å²) in [5.41, 5.74) is 3.49. The van der Waals surface area contributed by atoms with Crippen molar-refractivity contribution in [3.63, 3.8) is 0 Å². The first kappa shape index (κ1) is 18.6. The lowest BCUT2D eigenvalue weighted by molar-refractivity contribution is 0.103. The Balaban J connectivity index is 1.70. The Kier molecular flexibility index (Phi) is 4.87. The lowest BCUT2D eigenvalue weighted by Crippen LogP contribution is -2.21. The summed E-state index contributed by atoms with van der Waals surface area (Å²) in [5.74, 6) is -0.211. The van der Waals surface area contributed by atoms with E-state index in [-0.39, 0.29) is 11.5 Å². The van der Waals surface area contributed by atoms with E-state index in [0.29, 0.717) is 27.2 Å². The van der Waals surface area contributed by atoms with Gasteiger partial charge in [0.05, 0.1) is 23.1 Å². The Morgan fingerprint density at radius 3 is 2.75 bits per heavy atom. The van der Waals surface area contributed by atoms with E-state index in [1.165, 1.54) is 11.3 Å². The van der Waals surface area contributed by atoms with Gasteiger partial charge in [-0.15, -0.1) is 22.7 Å². The molecule has 3 heterocycles. The second-order valence-electron chi connectivity index (χ2n) is 6.77. The highest BCUT2D eigenvalue weighted by molar-refractivity contribution is 7.20. The lowest BCUT2D eigenvalue weighted by Gasteiger charge is -2.08. The maximum Gasteiger partial charge on any atom is 0.266 e. The number of carbonyl (C=O) groups is 1. The number of anilines is 1. The number of rotatable bonds is 4. The van der Waals surface area contributed by atoms with Crippen molar-refractivity contribution in [1.29, 1.82) is 0 Å². The average Bonchev–Trinajstić information content (AvgIpc) is 3.28. The molecule has 0 aliphatic carbocycles. The van der Waals surface area contributed by atoms with Gasteiger partial charge < -0.3 is 5.32 Å². The number of benzene rings is 1. The van der Waals surface area contributed by atoms with Crippen LogP contribution in [-0.2, 0) is 6.54 Å². The number of fused-ring (bicyclic) bond motifs is 1. The molecule has 28 heavy (non-hydrogen) atoms. The number of thiophene rings is 2. The van der Waals surface area contributed by atoms with E-state index in [9.17, 15) is 9.59 Å². The average molecular weight is 410 g/mol. The zero-order valence-corrected chi connectivity index (χ0v) is 17.4. The first-order valence-electron chi connectivity index (χ1n) is 8.83. The first-order chi connectivity index (χ1) is 13.4. The van der Waals surface area contributed by atoms with Gasteiger partial charge >= 0.3 is 0 Å². The topological polar surface area (TPSA) is 64.0 Å². The van der Waals surface area contributed by atoms with E-state index in [0.717, 1.165) is 21.7 Å². The minimum atomic E-state index is -0.211. The van der Waals surface area contributed by atoms with E-state index >= 15 is 0 Å². The molecule has 4 rings (SSSR count). The van der Waals surface area contributed by atoms with Crippen molar-refractivity contribution >= 4 is 44.5 Å². The van der Waals surface area contributed by atoms with Crippen LogP contribution in [0, 0.1) is 20.8 Å². The smallest absolute Gasteiger partial charge is 0.266 e. The third-order valence-electron chi connectivity index (χ3n) is 4.66. The number of aromatic nitrogens is 2. The van der Waals surface area contributed by atoms with Gasteiger partial charge in [0, 0.05) is 10.6 Å². The van der Waals surface area contributed by atoms with Crippen LogP contribution in [0.2, 0.25) is 0 Å². The molecule has 0 fully saturated rings. The summed E-state index contributed by atoms with van der Waals surface area (Å²) in [6.07, 6.45) is 1.56. The molecule has 0 saturated carbocycles. The molecule has 142 valence electrons. The molecule has 0 bridgehead atoms. The summed E-state index contributed by atoms with van der Waals surface area (Å²) in [5, 5.41) is 5.47. The minimum Gasteiger partial charge on any atom is -0.321 e. The van der Waals surface area contributed by atoms with E-state index in [1.807, 2.05) is 56.5 Å². The highest BCUT2D eigenvalue weighted by Gasteiger charge is 2.20. The molecular formula is C21H19N3O2S2. The molecule has 3 aromatic heterocycles. The van der Waals surface area contributed by atoms with Gasteiger partial charge in [-0.2, -0.15) is 0 Å². The molecule has 1 aromatic carbocycles. The fourth-order valence-corrected chi connectivity index (χ4v) is 4.93. The van der Waals surface area contributed by atoms with Gasteiger partial charge in [0.15, 0.2) is 0 Å². The predicted octanol–water partition coefficient (Wildman–Crippen LogP) is 4.75. The van der Waals surface area contributed by atoms with Gasteiger partial charge in [-0.3, -0.25) is 14.2 Å². The Labute approximate surface area is 170 Å². The zero-order chi connectivity index (χ0) is 19.8. The third kappa shape index (κ3) is 3.39. The summed E-state index contributed by atoms with van der Waals surface area (Å²) < 4.78 is 1.60. The maximum atomic E-state index is 13.0. The number of nitrogens with one attached hydrogen (secondary N) is 1. The fourth-order valence-electron chi connectivity index (χ4n) is 3.19. The molecule has 0 aliphatic rings. The largest absolute Gasteiger partial charge is 0.321 e. The van der Waals surface area contributed by atoms with Gasteiger partial charge in [0.2, 0.25) is 0 Å². The van der Waals surface area contributed by atoms with Crippen molar-refractivity contribution in [2.45, 2.75) is 27.3 Å². The summed E-state index contributed by atoms with van der Waals surface area (Å²) in [6, 6.07) is 9.84. The number of hydrogen-bond acceptors (Lipinski definition) is 5. The molecule has 0 spiro atoms. The van der Waals surface area contributed by atoms with Crippen LogP contribution in [0.5, 0.6) is 0 Å². The summed E-state index contributed by atoms with van der Waals surface area (Å²) >= 11 is 2.86. The highest BCUT2D eigenvalue weighted by Crippen LogP contribution is 2.28. The van der Waals surface area contributed by atoms with Crippen molar-refractivity contribution in [2.75, 3.05) is 5.32 Å². The molecule has 0 radical (unpaired) electrons. The summed E-state index contributed by atoms with van der Waals surface area (Å²) in [7, 11) is 0. The van der Waals surface area contributed by atoms with Gasteiger partial charge in [0.1, 0.15) is 4.83 Å². The zero-order valence-electron chi connectivity index (χ0n) is 15.8. The molecule has 0 unspecified atom stereocenters. The van der Waals surface area contributed by atoms with Crippen molar-refractivity contribution < 1.29 is 4.79 Å². The standard InChI is InChI=1S/C21H19N3O2S2/c1-12-6-7-16(13(2)9-12)23-19(25)18-14(3)17-20(28-18)22-11-24(21(17)26)10-15-5-4-8-27-15/h4-9,11H,10H2,1-3H3,(H,23,25). The van der Waals surface area contributed by atoms with Crippen LogP contribution in [-0.4, -0.2) is 15.5 Å². The fraction of sp³-hybridized carbons (Fsp3) is 0.190. The van der Waals surface area contributed by atoms with Crippen molar-refractivity contribution in [2.24, 2.45) is 0 Å². The molecule has 1 amide bonds. The Bertz CT molecular complexity index is 1240. The molecule has 0 saturated heterocycles. The van der Waals surface area contributed by atoms with Gasteiger partial charge in [-0.1, -0.05) is 23.8 Å². The molecule has 0 atom stereocenters. The van der Waals surface area contributed by atoms with Crippen molar-refractivity contribution in [3.8, 4) is 0 Å². The molecular weight excluding hydrogens is 390 g/mol. The third-order valence-corrected chi connectivity index (χ3v) is 6.72. The number of nitrogens with zero attached hydrogens (tertiary/aromatic N) is 2. The Morgan fingerprint density at radius 1 is 1.21 bits per heavy atom. The van der Waals surface area contributed by atoms with Gasteiger partial charge in [-0.05, 0) is 49.4 Å². The van der Waals surface area contributed by atoms with Crippen LogP contribution in [0.15, 0.2) is 46.8 Å². The van der Waals surface area contributed by atoms with E-state index in [2.05, 4.69) is 10.3 Å². The highest BCUT2D eigenvalue weighted by atomic mass is 32.1. The molecule has 1 N–H and O–H groups in total. The first-order valence-corrected chi connectivity index (χ1v) is 10.5. The number of hydrogen-bond donors (Lipinski definition) is 1. The second kappa shape index (κ2) is 7.33. The normalized spacial score (nSPS) is 11.1. The number of amides is 1. The Morgan fingerprint density at radius 2 is 2.04 bits per heavy atom.